The topological polar surface area (TPSA) is 109 Å². The maximum Gasteiger partial charge on any atom is 0.417 e. The van der Waals surface area contributed by atoms with Crippen LogP contribution in [0.5, 0.6) is 5.75 Å². The van der Waals surface area contributed by atoms with Crippen LogP contribution >= 0.6 is 11.3 Å². The summed E-state index contributed by atoms with van der Waals surface area (Å²) in [5.74, 6) is -0.843. The minimum absolute atomic E-state index is 0.0118. The maximum atomic E-state index is 13.9. The lowest BCUT2D eigenvalue weighted by molar-refractivity contribution is -0.138. The lowest BCUT2D eigenvalue weighted by Crippen LogP contribution is -2.55. The molecular weight excluding hydrogens is 495 g/mol. The Hall–Kier alpha value is -2.90. The lowest BCUT2D eigenvalue weighted by Gasteiger charge is -2.36. The zero-order valence-corrected chi connectivity index (χ0v) is 19.4. The number of carboxylic acid groups (broad SMARTS) is 1. The number of carboxylic acids is 1. The summed E-state index contributed by atoms with van der Waals surface area (Å²) in [6.45, 7) is 0.630. The van der Waals surface area contributed by atoms with Crippen molar-refractivity contribution in [1.82, 2.24) is 10.3 Å². The number of carbonyl (C=O) groups is 1. The minimum atomic E-state index is -4.56. The van der Waals surface area contributed by atoms with E-state index in [1.165, 1.54) is 18.1 Å². The number of nitrogens with one attached hydrogen (secondary N) is 1. The number of methoxy groups -OCH3 is 1. The van der Waals surface area contributed by atoms with E-state index in [2.05, 4.69) is 10.3 Å². The van der Waals surface area contributed by atoms with Crippen LogP contribution in [0.25, 0.3) is 10.1 Å². The van der Waals surface area contributed by atoms with Crippen LogP contribution in [0.2, 0.25) is 0 Å². The number of rotatable bonds is 6. The van der Waals surface area contributed by atoms with Crippen LogP contribution in [0.15, 0.2) is 40.7 Å². The summed E-state index contributed by atoms with van der Waals surface area (Å²) >= 11 is 1.10. The third kappa shape index (κ3) is 4.42. The van der Waals surface area contributed by atoms with E-state index >= 15 is 0 Å². The van der Waals surface area contributed by atoms with E-state index in [9.17, 15) is 31.5 Å². The number of pyridine rings is 1. The molecule has 3 aromatic rings. The molecule has 0 radical (unpaired) electrons. The van der Waals surface area contributed by atoms with Crippen molar-refractivity contribution < 1.29 is 36.2 Å². The highest BCUT2D eigenvalue weighted by molar-refractivity contribution is 7.92. The fraction of sp³-hybridized carbons (Fsp3) is 0.333. The average Bonchev–Trinajstić information content (AvgIpc) is 3.19. The van der Waals surface area contributed by atoms with E-state index in [0.29, 0.717) is 28.4 Å². The third-order valence-corrected chi connectivity index (χ3v) is 8.81. The maximum absolute atomic E-state index is 13.9. The molecule has 8 nitrogen and oxygen atoms in total. The summed E-state index contributed by atoms with van der Waals surface area (Å²) in [4.78, 5) is 16.5. The molecular formula is C21H20F3N3O5S2. The number of thiophene rings is 1. The van der Waals surface area contributed by atoms with Gasteiger partial charge >= 0.3 is 12.1 Å². The summed E-state index contributed by atoms with van der Waals surface area (Å²) in [6, 6.07) is 5.12. The molecule has 4 rings (SSSR count). The van der Waals surface area contributed by atoms with E-state index in [-0.39, 0.29) is 36.0 Å². The third-order valence-electron chi connectivity index (χ3n) is 5.51. The molecule has 0 spiro atoms. The Labute approximate surface area is 196 Å². The number of anilines is 1. The van der Waals surface area contributed by atoms with Crippen LogP contribution in [0.1, 0.15) is 11.1 Å². The Morgan fingerprint density at radius 3 is 2.71 bits per heavy atom. The number of ether oxygens (including phenoxy) is 1. The number of sulfone groups is 1. The standard InChI is InChI=1S/C21H20F3N3O5S2/c1-32-15-4-3-14-12(8-18(28)29)11-33-19(14)20(15)34(30,31)17-10-25-6-7-27(17)16-5-2-13(9-26-16)21(22,23)24/h2-5,9,11,17,25H,6-8,10H2,1H3,(H,28,29). The van der Waals surface area contributed by atoms with Gasteiger partial charge in [-0.05, 0) is 40.6 Å². The Balaban J connectivity index is 1.81. The predicted octanol–water partition coefficient (Wildman–Crippen LogP) is 3.16. The Morgan fingerprint density at radius 1 is 1.32 bits per heavy atom. The molecule has 1 aromatic carbocycles. The molecule has 0 amide bonds. The first kappa shape index (κ1) is 24.2. The van der Waals surface area contributed by atoms with Crippen LogP contribution in [0.4, 0.5) is 19.0 Å². The van der Waals surface area contributed by atoms with Crippen LogP contribution in [0, 0.1) is 0 Å². The summed E-state index contributed by atoms with van der Waals surface area (Å²) in [5.41, 5.74) is -0.448. The van der Waals surface area contributed by atoms with Gasteiger partial charge in [0.1, 0.15) is 21.8 Å². The molecule has 2 N–H and O–H groups in total. The zero-order valence-electron chi connectivity index (χ0n) is 17.8. The minimum Gasteiger partial charge on any atom is -0.495 e. The number of alkyl halides is 3. The van der Waals surface area contributed by atoms with Crippen LogP contribution < -0.4 is 15.0 Å². The Kier molecular flexibility index (Phi) is 6.44. The van der Waals surface area contributed by atoms with Crippen molar-refractivity contribution in [1.29, 1.82) is 0 Å². The monoisotopic (exact) mass is 515 g/mol. The van der Waals surface area contributed by atoms with E-state index in [1.54, 1.807) is 11.4 Å². The molecule has 0 aliphatic carbocycles. The first-order valence-corrected chi connectivity index (χ1v) is 12.5. The number of hydrogen-bond donors (Lipinski definition) is 2. The second-order valence-corrected chi connectivity index (χ2v) is 10.5. The quantitative estimate of drug-likeness (QED) is 0.516. The zero-order chi connectivity index (χ0) is 24.7. The lowest BCUT2D eigenvalue weighted by atomic mass is 10.1. The molecule has 1 fully saturated rings. The van der Waals surface area contributed by atoms with Crippen molar-refractivity contribution in [2.45, 2.75) is 22.9 Å². The smallest absolute Gasteiger partial charge is 0.417 e. The van der Waals surface area contributed by atoms with Crippen molar-refractivity contribution in [3.63, 3.8) is 0 Å². The van der Waals surface area contributed by atoms with Gasteiger partial charge in [0.15, 0.2) is 0 Å². The van der Waals surface area contributed by atoms with E-state index in [1.807, 2.05) is 0 Å². The van der Waals surface area contributed by atoms with Crippen LogP contribution in [0.3, 0.4) is 0 Å². The van der Waals surface area contributed by atoms with Gasteiger partial charge in [-0.1, -0.05) is 0 Å². The summed E-state index contributed by atoms with van der Waals surface area (Å²) in [7, 11) is -2.81. The highest BCUT2D eigenvalue weighted by atomic mass is 32.2. The van der Waals surface area contributed by atoms with Gasteiger partial charge in [0.25, 0.3) is 0 Å². The molecule has 1 saturated heterocycles. The van der Waals surface area contributed by atoms with Crippen molar-refractivity contribution in [3.8, 4) is 5.75 Å². The first-order chi connectivity index (χ1) is 16.0. The van der Waals surface area contributed by atoms with E-state index in [4.69, 9.17) is 4.74 Å². The van der Waals surface area contributed by atoms with Gasteiger partial charge in [-0.2, -0.15) is 13.2 Å². The SMILES string of the molecule is COc1ccc2c(CC(=O)O)csc2c1S(=O)(=O)C1CNCCN1c1ccc(C(F)(F)F)cn1. The van der Waals surface area contributed by atoms with Gasteiger partial charge in [-0.15, -0.1) is 11.3 Å². The van der Waals surface area contributed by atoms with Crippen molar-refractivity contribution in [3.05, 3.63) is 47.0 Å². The van der Waals surface area contributed by atoms with Gasteiger partial charge in [0.2, 0.25) is 9.84 Å². The highest BCUT2D eigenvalue weighted by Gasteiger charge is 2.39. The summed E-state index contributed by atoms with van der Waals surface area (Å²) < 4.78 is 72.5. The van der Waals surface area contributed by atoms with Crippen LogP contribution in [-0.4, -0.2) is 56.6 Å². The molecule has 2 aromatic heterocycles. The number of benzene rings is 1. The average molecular weight is 516 g/mol. The highest BCUT2D eigenvalue weighted by Crippen LogP contribution is 2.41. The molecule has 182 valence electrons. The second-order valence-electron chi connectivity index (χ2n) is 7.61. The molecule has 3 heterocycles. The molecule has 1 atom stereocenters. The summed E-state index contributed by atoms with van der Waals surface area (Å²) in [6.07, 6.45) is -4.14. The largest absolute Gasteiger partial charge is 0.495 e. The Bertz CT molecular complexity index is 1320. The van der Waals surface area contributed by atoms with Gasteiger partial charge in [-0.3, -0.25) is 4.79 Å². The first-order valence-electron chi connectivity index (χ1n) is 10.1. The number of piperazine rings is 1. The van der Waals surface area contributed by atoms with Gasteiger partial charge < -0.3 is 20.1 Å². The van der Waals surface area contributed by atoms with Crippen molar-refractivity contribution in [2.24, 2.45) is 0 Å². The molecule has 0 saturated carbocycles. The van der Waals surface area contributed by atoms with Gasteiger partial charge in [0, 0.05) is 25.8 Å². The van der Waals surface area contributed by atoms with Gasteiger partial charge in [0.05, 0.1) is 23.8 Å². The van der Waals surface area contributed by atoms with E-state index < -0.39 is 32.9 Å². The van der Waals surface area contributed by atoms with Crippen LogP contribution in [-0.2, 0) is 27.2 Å². The van der Waals surface area contributed by atoms with E-state index in [0.717, 1.165) is 23.5 Å². The number of hydrogen-bond acceptors (Lipinski definition) is 8. The Morgan fingerprint density at radius 2 is 2.09 bits per heavy atom. The number of nitrogens with zero attached hydrogens (tertiary/aromatic N) is 2. The normalized spacial score (nSPS) is 17.2. The summed E-state index contributed by atoms with van der Waals surface area (Å²) in [5, 5.41) is 13.1. The second kappa shape index (κ2) is 9.04. The van der Waals surface area contributed by atoms with Crippen molar-refractivity contribution in [2.75, 3.05) is 31.6 Å². The fourth-order valence-electron chi connectivity index (χ4n) is 3.92. The number of halogens is 3. The number of aliphatic carboxylic acids is 1. The number of aromatic nitrogens is 1. The molecule has 0 bridgehead atoms. The number of fused-ring (bicyclic) bond motifs is 1. The molecule has 13 heteroatoms. The molecule has 1 aliphatic rings. The molecule has 1 unspecified atom stereocenters. The van der Waals surface area contributed by atoms with Gasteiger partial charge in [-0.25, -0.2) is 13.4 Å². The predicted molar refractivity (Wildman–Crippen MR) is 120 cm³/mol. The van der Waals surface area contributed by atoms with Crippen molar-refractivity contribution >= 4 is 43.0 Å². The molecule has 1 aliphatic heterocycles. The molecule has 34 heavy (non-hydrogen) atoms. The fourth-order valence-corrected chi connectivity index (χ4v) is 7.37.